The van der Waals surface area contributed by atoms with E-state index in [1.807, 2.05) is 0 Å². The van der Waals surface area contributed by atoms with Crippen LogP contribution in [0, 0.1) is 3.57 Å². The van der Waals surface area contributed by atoms with Crippen molar-refractivity contribution in [3.05, 3.63) is 61.7 Å². The normalized spacial score (nSPS) is 10.2. The first-order chi connectivity index (χ1) is 11.5. The van der Waals surface area contributed by atoms with Gasteiger partial charge in [0.15, 0.2) is 0 Å². The van der Waals surface area contributed by atoms with Gasteiger partial charge in [-0.25, -0.2) is 4.79 Å². The first-order valence-corrected chi connectivity index (χ1v) is 8.40. The average molecular weight is 460 g/mol. The zero-order chi connectivity index (χ0) is 17.7. The van der Waals surface area contributed by atoms with Crippen LogP contribution in [0.25, 0.3) is 0 Å². The summed E-state index contributed by atoms with van der Waals surface area (Å²) in [5, 5.41) is 3.41. The van der Waals surface area contributed by atoms with E-state index in [9.17, 15) is 9.59 Å². The monoisotopic (exact) mass is 459 g/mol. The number of carbonyl (C=O) groups is 2. The Morgan fingerprint density at radius 2 is 1.92 bits per heavy atom. The highest BCUT2D eigenvalue weighted by molar-refractivity contribution is 14.1. The number of hydrogen-bond donors (Lipinski definition) is 1. The van der Waals surface area contributed by atoms with Crippen molar-refractivity contribution in [3.63, 3.8) is 0 Å². The molecule has 2 aromatic rings. The maximum Gasteiger partial charge on any atom is 0.341 e. The van der Waals surface area contributed by atoms with E-state index in [0.717, 1.165) is 9.13 Å². The van der Waals surface area contributed by atoms with Crippen LogP contribution in [-0.2, 0) is 11.3 Å². The molecule has 0 aliphatic rings. The highest BCUT2D eigenvalue weighted by Gasteiger charge is 2.14. The molecule has 0 aromatic heterocycles. The minimum atomic E-state index is -0.493. The standard InChI is InChI=1S/C17H15ClINO4/c1-23-15-6-3-10(7-12(15)17(22)24-2)9-20-16(21)11-4-5-13(18)14(19)8-11/h3-8H,9H2,1-2H3,(H,20,21). The lowest BCUT2D eigenvalue weighted by atomic mass is 10.1. The summed E-state index contributed by atoms with van der Waals surface area (Å²) in [6.45, 7) is 0.270. The van der Waals surface area contributed by atoms with Crippen molar-refractivity contribution in [1.82, 2.24) is 5.32 Å². The minimum absolute atomic E-state index is 0.222. The number of rotatable bonds is 5. The van der Waals surface area contributed by atoms with E-state index in [1.54, 1.807) is 36.4 Å². The topological polar surface area (TPSA) is 64.6 Å². The van der Waals surface area contributed by atoms with Gasteiger partial charge < -0.3 is 14.8 Å². The summed E-state index contributed by atoms with van der Waals surface area (Å²) >= 11 is 8.02. The predicted molar refractivity (Wildman–Crippen MR) is 99.7 cm³/mol. The van der Waals surface area contributed by atoms with Crippen LogP contribution in [-0.4, -0.2) is 26.1 Å². The molecular formula is C17H15ClINO4. The Labute approximate surface area is 158 Å². The summed E-state index contributed by atoms with van der Waals surface area (Å²) in [4.78, 5) is 24.0. The molecule has 0 unspecified atom stereocenters. The number of ether oxygens (including phenoxy) is 2. The van der Waals surface area contributed by atoms with Crippen LogP contribution in [0.2, 0.25) is 5.02 Å². The molecule has 0 saturated heterocycles. The maximum absolute atomic E-state index is 12.2. The van der Waals surface area contributed by atoms with Crippen LogP contribution in [0.15, 0.2) is 36.4 Å². The molecule has 2 rings (SSSR count). The summed E-state index contributed by atoms with van der Waals surface area (Å²) in [6.07, 6.45) is 0. The molecule has 0 bridgehead atoms. The van der Waals surface area contributed by atoms with Crippen molar-refractivity contribution in [3.8, 4) is 5.75 Å². The van der Waals surface area contributed by atoms with Crippen molar-refractivity contribution >= 4 is 46.1 Å². The predicted octanol–water partition coefficient (Wildman–Crippen LogP) is 3.67. The number of hydrogen-bond acceptors (Lipinski definition) is 4. The Kier molecular flexibility index (Phi) is 6.44. The van der Waals surface area contributed by atoms with Crippen LogP contribution in [0.1, 0.15) is 26.3 Å². The molecule has 0 aliphatic heterocycles. The third-order valence-electron chi connectivity index (χ3n) is 3.30. The summed E-state index contributed by atoms with van der Waals surface area (Å²) in [6, 6.07) is 10.1. The molecule has 126 valence electrons. The second-order valence-electron chi connectivity index (χ2n) is 4.84. The number of carbonyl (C=O) groups excluding carboxylic acids is 2. The van der Waals surface area contributed by atoms with E-state index in [0.29, 0.717) is 21.9 Å². The van der Waals surface area contributed by atoms with Crippen molar-refractivity contribution in [1.29, 1.82) is 0 Å². The van der Waals surface area contributed by atoms with E-state index >= 15 is 0 Å². The number of nitrogens with one attached hydrogen (secondary N) is 1. The summed E-state index contributed by atoms with van der Waals surface area (Å²) in [5.74, 6) is -0.295. The molecule has 0 aliphatic carbocycles. The van der Waals surface area contributed by atoms with E-state index in [2.05, 4.69) is 27.9 Å². The van der Waals surface area contributed by atoms with Gasteiger partial charge in [0, 0.05) is 15.7 Å². The molecule has 0 heterocycles. The molecule has 7 heteroatoms. The molecule has 0 saturated carbocycles. The molecule has 0 spiro atoms. The molecular weight excluding hydrogens is 445 g/mol. The molecule has 1 N–H and O–H groups in total. The van der Waals surface area contributed by atoms with Gasteiger partial charge in [0.25, 0.3) is 5.91 Å². The fraction of sp³-hybridized carbons (Fsp3) is 0.176. The van der Waals surface area contributed by atoms with Gasteiger partial charge in [0.2, 0.25) is 0 Å². The second kappa shape index (κ2) is 8.34. The molecule has 5 nitrogen and oxygen atoms in total. The van der Waals surface area contributed by atoms with Gasteiger partial charge in [-0.15, -0.1) is 0 Å². The van der Waals surface area contributed by atoms with Crippen molar-refractivity contribution in [2.24, 2.45) is 0 Å². The second-order valence-corrected chi connectivity index (χ2v) is 6.41. The minimum Gasteiger partial charge on any atom is -0.496 e. The molecule has 0 atom stereocenters. The number of methoxy groups -OCH3 is 2. The van der Waals surface area contributed by atoms with E-state index in [1.165, 1.54) is 14.2 Å². The van der Waals surface area contributed by atoms with Gasteiger partial charge in [0.1, 0.15) is 11.3 Å². The molecule has 1 amide bonds. The lowest BCUT2D eigenvalue weighted by Gasteiger charge is -2.10. The van der Waals surface area contributed by atoms with Gasteiger partial charge in [0.05, 0.1) is 19.2 Å². The Morgan fingerprint density at radius 1 is 1.17 bits per heavy atom. The number of esters is 1. The van der Waals surface area contributed by atoms with Crippen LogP contribution < -0.4 is 10.1 Å². The lowest BCUT2D eigenvalue weighted by molar-refractivity contribution is 0.0597. The van der Waals surface area contributed by atoms with Gasteiger partial charge in [-0.2, -0.15) is 0 Å². The SMILES string of the molecule is COC(=O)c1cc(CNC(=O)c2ccc(Cl)c(I)c2)ccc1OC. The molecule has 2 aromatic carbocycles. The molecule has 24 heavy (non-hydrogen) atoms. The largest absolute Gasteiger partial charge is 0.496 e. The van der Waals surface area contributed by atoms with Gasteiger partial charge in [-0.3, -0.25) is 4.79 Å². The summed E-state index contributed by atoms with van der Waals surface area (Å²) < 4.78 is 10.7. The van der Waals surface area contributed by atoms with Gasteiger partial charge >= 0.3 is 5.97 Å². The zero-order valence-electron chi connectivity index (χ0n) is 13.1. The fourth-order valence-corrected chi connectivity index (χ4v) is 2.69. The summed E-state index contributed by atoms with van der Waals surface area (Å²) in [7, 11) is 2.78. The lowest BCUT2D eigenvalue weighted by Crippen LogP contribution is -2.23. The molecule has 0 fully saturated rings. The smallest absolute Gasteiger partial charge is 0.341 e. The van der Waals surface area contributed by atoms with Crippen molar-refractivity contribution in [2.75, 3.05) is 14.2 Å². The van der Waals surface area contributed by atoms with E-state index in [-0.39, 0.29) is 12.5 Å². The zero-order valence-corrected chi connectivity index (χ0v) is 16.0. The number of benzene rings is 2. The number of amides is 1. The first kappa shape index (κ1) is 18.5. The first-order valence-electron chi connectivity index (χ1n) is 6.94. The Morgan fingerprint density at radius 3 is 2.54 bits per heavy atom. The highest BCUT2D eigenvalue weighted by atomic mass is 127. The third-order valence-corrected chi connectivity index (χ3v) is 4.84. The van der Waals surface area contributed by atoms with Crippen LogP contribution >= 0.6 is 34.2 Å². The quantitative estimate of drug-likeness (QED) is 0.547. The van der Waals surface area contributed by atoms with Gasteiger partial charge in [-0.1, -0.05) is 17.7 Å². The van der Waals surface area contributed by atoms with Crippen molar-refractivity contribution < 1.29 is 19.1 Å². The fourth-order valence-electron chi connectivity index (χ4n) is 2.06. The third kappa shape index (κ3) is 4.39. The van der Waals surface area contributed by atoms with E-state index < -0.39 is 5.97 Å². The highest BCUT2D eigenvalue weighted by Crippen LogP contribution is 2.21. The van der Waals surface area contributed by atoms with Crippen molar-refractivity contribution in [2.45, 2.75) is 6.54 Å². The Bertz CT molecular complexity index is 779. The van der Waals surface area contributed by atoms with E-state index in [4.69, 9.17) is 21.1 Å². The summed E-state index contributed by atoms with van der Waals surface area (Å²) in [5.41, 5.74) is 1.59. The average Bonchev–Trinajstić information content (AvgIpc) is 2.60. The van der Waals surface area contributed by atoms with Crippen LogP contribution in [0.4, 0.5) is 0 Å². The molecule has 0 radical (unpaired) electrons. The maximum atomic E-state index is 12.2. The Hall–Kier alpha value is -1.80. The van der Waals surface area contributed by atoms with Crippen LogP contribution in [0.5, 0.6) is 5.75 Å². The van der Waals surface area contributed by atoms with Crippen LogP contribution in [0.3, 0.4) is 0 Å². The Balaban J connectivity index is 2.12. The van der Waals surface area contributed by atoms with Gasteiger partial charge in [-0.05, 0) is 58.5 Å². The number of halogens is 2.